The molecule has 2 aromatic rings. The van der Waals surface area contributed by atoms with Gasteiger partial charge < -0.3 is 14.8 Å². The summed E-state index contributed by atoms with van der Waals surface area (Å²) < 4.78 is 37.7. The summed E-state index contributed by atoms with van der Waals surface area (Å²) in [5, 5.41) is 2.67. The molecule has 0 spiro atoms. The van der Waals surface area contributed by atoms with Crippen molar-refractivity contribution in [2.75, 3.05) is 27.3 Å². The predicted octanol–water partition coefficient (Wildman–Crippen LogP) is 2.03. The van der Waals surface area contributed by atoms with Crippen LogP contribution in [0.4, 0.5) is 0 Å². The quantitative estimate of drug-likeness (QED) is 0.671. The Bertz CT molecular complexity index is 903. The summed E-state index contributed by atoms with van der Waals surface area (Å²) in [5.74, 6) is 0.348. The van der Waals surface area contributed by atoms with E-state index in [9.17, 15) is 13.2 Å². The van der Waals surface area contributed by atoms with Crippen LogP contribution in [-0.2, 0) is 10.0 Å². The Hall–Kier alpha value is -2.58. The van der Waals surface area contributed by atoms with E-state index in [0.29, 0.717) is 17.1 Å². The van der Waals surface area contributed by atoms with Crippen molar-refractivity contribution >= 4 is 15.9 Å². The molecule has 7 nitrogen and oxygen atoms in total. The predicted molar refractivity (Wildman–Crippen MR) is 103 cm³/mol. The van der Waals surface area contributed by atoms with Crippen LogP contribution in [-0.4, -0.2) is 41.6 Å². The van der Waals surface area contributed by atoms with Gasteiger partial charge in [-0.2, -0.15) is 0 Å². The van der Waals surface area contributed by atoms with Crippen molar-refractivity contribution in [3.8, 4) is 11.5 Å². The smallest absolute Gasteiger partial charge is 0.258 e. The lowest BCUT2D eigenvalue weighted by Crippen LogP contribution is -2.35. The van der Waals surface area contributed by atoms with Crippen LogP contribution in [0, 0.1) is 13.8 Å². The van der Waals surface area contributed by atoms with Crippen LogP contribution in [0.1, 0.15) is 21.5 Å². The fourth-order valence-corrected chi connectivity index (χ4v) is 3.96. The highest BCUT2D eigenvalue weighted by molar-refractivity contribution is 7.89. The molecule has 0 fully saturated rings. The number of sulfonamides is 1. The van der Waals surface area contributed by atoms with E-state index >= 15 is 0 Å². The number of carbonyl (C=O) groups is 1. The van der Waals surface area contributed by atoms with E-state index in [1.165, 1.54) is 14.2 Å². The van der Waals surface area contributed by atoms with Crippen molar-refractivity contribution in [2.45, 2.75) is 18.7 Å². The minimum atomic E-state index is -3.65. The van der Waals surface area contributed by atoms with Gasteiger partial charge in [0.1, 0.15) is 17.1 Å². The van der Waals surface area contributed by atoms with Gasteiger partial charge >= 0.3 is 0 Å². The summed E-state index contributed by atoms with van der Waals surface area (Å²) in [6, 6.07) is 10.2. The molecule has 0 saturated carbocycles. The molecule has 1 amide bonds. The molecular formula is C19H24N2O5S. The van der Waals surface area contributed by atoms with Crippen LogP contribution >= 0.6 is 0 Å². The Morgan fingerprint density at radius 2 is 1.63 bits per heavy atom. The maximum absolute atomic E-state index is 12.4. The zero-order valence-electron chi connectivity index (χ0n) is 15.8. The van der Waals surface area contributed by atoms with Crippen LogP contribution in [0.2, 0.25) is 0 Å². The monoisotopic (exact) mass is 392 g/mol. The normalized spacial score (nSPS) is 11.1. The van der Waals surface area contributed by atoms with Gasteiger partial charge in [0, 0.05) is 13.1 Å². The molecule has 8 heteroatoms. The second-order valence-electron chi connectivity index (χ2n) is 5.96. The molecule has 0 aliphatic rings. The molecule has 0 atom stereocenters. The van der Waals surface area contributed by atoms with Gasteiger partial charge in [-0.3, -0.25) is 4.79 Å². The zero-order chi connectivity index (χ0) is 20.0. The van der Waals surface area contributed by atoms with Gasteiger partial charge in [0.05, 0.1) is 19.1 Å². The van der Waals surface area contributed by atoms with Gasteiger partial charge in [-0.1, -0.05) is 23.8 Å². The molecule has 0 aliphatic carbocycles. The minimum absolute atomic E-state index is 0.0544. The lowest BCUT2D eigenvalue weighted by molar-refractivity contribution is 0.0948. The first-order valence-corrected chi connectivity index (χ1v) is 9.84. The van der Waals surface area contributed by atoms with Crippen molar-refractivity contribution < 1.29 is 22.7 Å². The van der Waals surface area contributed by atoms with E-state index in [4.69, 9.17) is 9.47 Å². The third-order valence-electron chi connectivity index (χ3n) is 3.98. The SMILES string of the molecule is COc1cccc(OC)c1C(=O)NCCNS(=O)(=O)c1ccc(C)cc1C. The average molecular weight is 392 g/mol. The van der Waals surface area contributed by atoms with E-state index < -0.39 is 15.9 Å². The highest BCUT2D eigenvalue weighted by Crippen LogP contribution is 2.27. The number of carbonyl (C=O) groups excluding carboxylic acids is 1. The minimum Gasteiger partial charge on any atom is -0.496 e. The van der Waals surface area contributed by atoms with Gasteiger partial charge in [-0.15, -0.1) is 0 Å². The first-order chi connectivity index (χ1) is 12.8. The van der Waals surface area contributed by atoms with Crippen LogP contribution < -0.4 is 19.5 Å². The molecule has 0 unspecified atom stereocenters. The topological polar surface area (TPSA) is 93.7 Å². The summed E-state index contributed by atoms with van der Waals surface area (Å²) >= 11 is 0. The van der Waals surface area contributed by atoms with Gasteiger partial charge in [0.25, 0.3) is 5.91 Å². The maximum Gasteiger partial charge on any atom is 0.258 e. The Kier molecular flexibility index (Phi) is 6.81. The molecule has 0 aliphatic heterocycles. The van der Waals surface area contributed by atoms with E-state index in [1.54, 1.807) is 37.3 Å². The lowest BCUT2D eigenvalue weighted by atomic mass is 10.1. The van der Waals surface area contributed by atoms with E-state index in [2.05, 4.69) is 10.0 Å². The molecule has 0 bridgehead atoms. The van der Waals surface area contributed by atoms with Crippen LogP contribution in [0.15, 0.2) is 41.3 Å². The highest BCUT2D eigenvalue weighted by atomic mass is 32.2. The second kappa shape index (κ2) is 8.88. The lowest BCUT2D eigenvalue weighted by Gasteiger charge is -2.13. The molecule has 2 N–H and O–H groups in total. The number of rotatable bonds is 8. The Morgan fingerprint density at radius 3 is 2.19 bits per heavy atom. The standard InChI is InChI=1S/C19H24N2O5S/c1-13-8-9-17(14(2)12-13)27(23,24)21-11-10-20-19(22)18-15(25-3)6-5-7-16(18)26-4/h5-9,12,21H,10-11H2,1-4H3,(H,20,22). The zero-order valence-corrected chi connectivity index (χ0v) is 16.6. The maximum atomic E-state index is 12.4. The third kappa shape index (κ3) is 4.99. The molecule has 0 radical (unpaired) electrons. The number of aryl methyl sites for hydroxylation is 2. The fourth-order valence-electron chi connectivity index (χ4n) is 2.70. The number of hydrogen-bond acceptors (Lipinski definition) is 5. The summed E-state index contributed by atoms with van der Waals surface area (Å²) in [7, 11) is -0.723. The van der Waals surface area contributed by atoms with Gasteiger partial charge in [0.2, 0.25) is 10.0 Å². The summed E-state index contributed by atoms with van der Waals surface area (Å²) in [6.07, 6.45) is 0. The van der Waals surface area contributed by atoms with E-state index in [1.807, 2.05) is 13.0 Å². The van der Waals surface area contributed by atoms with Gasteiger partial charge in [-0.25, -0.2) is 13.1 Å². The third-order valence-corrected chi connectivity index (χ3v) is 5.60. The molecule has 2 rings (SSSR count). The number of ether oxygens (including phenoxy) is 2. The fraction of sp³-hybridized carbons (Fsp3) is 0.316. The van der Waals surface area contributed by atoms with Crippen molar-refractivity contribution in [1.82, 2.24) is 10.0 Å². The molecule has 0 aromatic heterocycles. The Balaban J connectivity index is 2.00. The molecule has 27 heavy (non-hydrogen) atoms. The van der Waals surface area contributed by atoms with Gasteiger partial charge in [-0.05, 0) is 37.6 Å². The summed E-state index contributed by atoms with van der Waals surface area (Å²) in [5.41, 5.74) is 1.93. The van der Waals surface area contributed by atoms with Crippen LogP contribution in [0.3, 0.4) is 0 Å². The number of benzene rings is 2. The van der Waals surface area contributed by atoms with Crippen LogP contribution in [0.5, 0.6) is 11.5 Å². The number of methoxy groups -OCH3 is 2. The molecule has 2 aromatic carbocycles. The molecular weight excluding hydrogens is 368 g/mol. The molecule has 0 heterocycles. The Labute approximate surface area is 159 Å². The van der Waals surface area contributed by atoms with Crippen molar-refractivity contribution in [3.63, 3.8) is 0 Å². The first-order valence-electron chi connectivity index (χ1n) is 8.36. The number of nitrogens with one attached hydrogen (secondary N) is 2. The van der Waals surface area contributed by atoms with E-state index in [-0.39, 0.29) is 23.5 Å². The van der Waals surface area contributed by atoms with Gasteiger partial charge in [0.15, 0.2) is 0 Å². The first kappa shape index (κ1) is 20.7. The van der Waals surface area contributed by atoms with Crippen molar-refractivity contribution in [2.24, 2.45) is 0 Å². The largest absolute Gasteiger partial charge is 0.496 e. The average Bonchev–Trinajstić information content (AvgIpc) is 2.63. The van der Waals surface area contributed by atoms with Crippen molar-refractivity contribution in [1.29, 1.82) is 0 Å². The number of amides is 1. The summed E-state index contributed by atoms with van der Waals surface area (Å²) in [6.45, 7) is 3.82. The van der Waals surface area contributed by atoms with E-state index in [0.717, 1.165) is 5.56 Å². The van der Waals surface area contributed by atoms with Crippen LogP contribution in [0.25, 0.3) is 0 Å². The molecule has 0 saturated heterocycles. The molecule has 146 valence electrons. The Morgan fingerprint density at radius 1 is 1.00 bits per heavy atom. The summed E-state index contributed by atoms with van der Waals surface area (Å²) in [4.78, 5) is 12.7. The number of hydrogen-bond donors (Lipinski definition) is 2. The highest BCUT2D eigenvalue weighted by Gasteiger charge is 2.19. The van der Waals surface area contributed by atoms with Crippen molar-refractivity contribution in [3.05, 3.63) is 53.1 Å². The second-order valence-corrected chi connectivity index (χ2v) is 7.70.